The summed E-state index contributed by atoms with van der Waals surface area (Å²) in [5.74, 6) is -0.430. The van der Waals surface area contributed by atoms with Crippen LogP contribution in [0.3, 0.4) is 0 Å². The number of hydrogen-bond acceptors (Lipinski definition) is 3. The van der Waals surface area contributed by atoms with Crippen LogP contribution in [0.5, 0.6) is 0 Å². The standard InChI is InChI=1S/C22H23FN3O2P/c23-19-8-5-15(13-20-17-3-1-2-4-18(17)22(27)25-24-20)14-21(19)26(28)9-11-29(12-10-26)16-6-7-16/h1-5,8,14,16H,6-7,9-13H2,(H,25,27). The number of H-pyrrole nitrogens is 1. The molecule has 0 radical (unpaired) electrons. The van der Waals surface area contributed by atoms with Crippen LogP contribution in [0.1, 0.15) is 24.1 Å². The lowest BCUT2D eigenvalue weighted by molar-refractivity contribution is 0.387. The fraction of sp³-hybridized carbons (Fsp3) is 0.364. The van der Waals surface area contributed by atoms with E-state index in [2.05, 4.69) is 10.2 Å². The molecule has 0 atom stereocenters. The summed E-state index contributed by atoms with van der Waals surface area (Å²) in [5.41, 5.74) is 2.41. The molecule has 0 spiro atoms. The molecule has 0 amide bonds. The lowest BCUT2D eigenvalue weighted by Gasteiger charge is -2.47. The topological polar surface area (TPSA) is 68.8 Å². The van der Waals surface area contributed by atoms with Gasteiger partial charge in [0, 0.05) is 30.2 Å². The molecule has 1 aromatic heterocycles. The maximum Gasteiger partial charge on any atom is 0.272 e. The number of fused-ring (bicyclic) bond motifs is 1. The van der Waals surface area contributed by atoms with Crippen molar-refractivity contribution in [2.75, 3.05) is 25.4 Å². The number of aromatic amines is 1. The van der Waals surface area contributed by atoms with Gasteiger partial charge < -0.3 is 9.85 Å². The van der Waals surface area contributed by atoms with E-state index in [-0.39, 0.29) is 19.2 Å². The summed E-state index contributed by atoms with van der Waals surface area (Å²) in [6.45, 7) is 0.949. The van der Waals surface area contributed by atoms with Crippen molar-refractivity contribution in [1.82, 2.24) is 14.8 Å². The van der Waals surface area contributed by atoms with Crippen LogP contribution in [-0.4, -0.2) is 41.3 Å². The molecule has 5 nitrogen and oxygen atoms in total. The molecule has 150 valence electrons. The first kappa shape index (κ1) is 18.9. The predicted molar refractivity (Wildman–Crippen MR) is 116 cm³/mol. The molecular weight excluding hydrogens is 388 g/mol. The minimum atomic E-state index is -0.564. The predicted octanol–water partition coefficient (Wildman–Crippen LogP) is 4.12. The van der Waals surface area contributed by atoms with E-state index in [0.29, 0.717) is 30.6 Å². The summed E-state index contributed by atoms with van der Waals surface area (Å²) in [6, 6.07) is 12.1. The number of hydrogen-bond donors (Lipinski definition) is 1. The second-order valence-corrected chi connectivity index (χ2v) is 10.9. The molecule has 1 N–H and O–H groups in total. The number of rotatable bonds is 4. The highest BCUT2D eigenvalue weighted by Gasteiger charge is 2.38. The largest absolute Gasteiger partial charge is 0.627 e. The third kappa shape index (κ3) is 3.61. The van der Waals surface area contributed by atoms with E-state index in [1.54, 1.807) is 18.2 Å². The molecule has 2 aliphatic rings. The molecule has 7 heteroatoms. The Labute approximate surface area is 169 Å². The van der Waals surface area contributed by atoms with Crippen LogP contribution in [0.25, 0.3) is 10.8 Å². The molecule has 3 aromatic rings. The van der Waals surface area contributed by atoms with Gasteiger partial charge in [0.05, 0.1) is 24.2 Å². The van der Waals surface area contributed by atoms with Gasteiger partial charge in [0.15, 0.2) is 11.5 Å². The summed E-state index contributed by atoms with van der Waals surface area (Å²) in [6.07, 6.45) is 4.95. The second-order valence-electron chi connectivity index (χ2n) is 8.11. The third-order valence-electron chi connectivity index (χ3n) is 6.16. The van der Waals surface area contributed by atoms with Crippen LogP contribution in [0.4, 0.5) is 10.1 Å². The minimum Gasteiger partial charge on any atom is -0.627 e. The minimum absolute atomic E-state index is 0.0304. The zero-order chi connectivity index (χ0) is 20.0. The summed E-state index contributed by atoms with van der Waals surface area (Å²) < 4.78 is 14.1. The highest BCUT2D eigenvalue weighted by Crippen LogP contribution is 2.55. The van der Waals surface area contributed by atoms with Crippen LogP contribution >= 0.6 is 7.92 Å². The molecule has 2 heterocycles. The molecule has 2 fully saturated rings. The zero-order valence-corrected chi connectivity index (χ0v) is 17.0. The molecule has 1 aliphatic heterocycles. The second kappa shape index (κ2) is 7.28. The van der Waals surface area contributed by atoms with Gasteiger partial charge in [-0.2, -0.15) is 5.10 Å². The van der Waals surface area contributed by atoms with Crippen LogP contribution in [0, 0.1) is 11.0 Å². The molecule has 1 aliphatic carbocycles. The fourth-order valence-electron chi connectivity index (χ4n) is 4.33. The van der Waals surface area contributed by atoms with E-state index in [9.17, 15) is 14.4 Å². The van der Waals surface area contributed by atoms with Crippen molar-refractivity contribution < 1.29 is 4.39 Å². The summed E-state index contributed by atoms with van der Waals surface area (Å²) in [4.78, 5) is 12.0. The van der Waals surface area contributed by atoms with Crippen molar-refractivity contribution in [3.05, 3.63) is 75.1 Å². The Bertz CT molecular complexity index is 1120. The zero-order valence-electron chi connectivity index (χ0n) is 16.1. The Hall–Kier alpha value is -2.14. The summed E-state index contributed by atoms with van der Waals surface area (Å²) >= 11 is 0. The van der Waals surface area contributed by atoms with Crippen molar-refractivity contribution >= 4 is 24.4 Å². The van der Waals surface area contributed by atoms with E-state index in [1.165, 1.54) is 18.9 Å². The Balaban J connectivity index is 1.44. The van der Waals surface area contributed by atoms with E-state index >= 15 is 0 Å². The molecule has 1 saturated heterocycles. The van der Waals surface area contributed by atoms with Gasteiger partial charge in [-0.05, 0) is 36.2 Å². The fourth-order valence-corrected chi connectivity index (χ4v) is 7.32. The molecule has 0 bridgehead atoms. The first-order valence-corrected chi connectivity index (χ1v) is 11.9. The molecule has 1 saturated carbocycles. The summed E-state index contributed by atoms with van der Waals surface area (Å²) in [7, 11) is -0.0304. The van der Waals surface area contributed by atoms with Gasteiger partial charge in [0.25, 0.3) is 5.56 Å². The first-order valence-electron chi connectivity index (χ1n) is 10.1. The van der Waals surface area contributed by atoms with Crippen molar-refractivity contribution in [3.63, 3.8) is 0 Å². The smallest absolute Gasteiger partial charge is 0.272 e. The third-order valence-corrected chi connectivity index (χ3v) is 9.25. The number of nitrogens with one attached hydrogen (secondary N) is 1. The Morgan fingerprint density at radius 2 is 1.86 bits per heavy atom. The highest BCUT2D eigenvalue weighted by molar-refractivity contribution is 7.58. The van der Waals surface area contributed by atoms with Crippen LogP contribution < -0.4 is 10.2 Å². The van der Waals surface area contributed by atoms with Crippen molar-refractivity contribution in [2.45, 2.75) is 24.9 Å². The van der Waals surface area contributed by atoms with Gasteiger partial charge >= 0.3 is 0 Å². The van der Waals surface area contributed by atoms with Gasteiger partial charge in [-0.15, -0.1) is 0 Å². The molecule has 5 rings (SSSR count). The SMILES string of the molecule is O=c1[nH]nc(Cc2ccc(F)c([N+]3([O-])CCP(C4CC4)CC3)c2)c2ccccc12. The van der Waals surface area contributed by atoms with Crippen LogP contribution in [0.15, 0.2) is 47.3 Å². The number of quaternary nitrogens is 1. The van der Waals surface area contributed by atoms with Gasteiger partial charge in [0.1, 0.15) is 0 Å². The monoisotopic (exact) mass is 411 g/mol. The highest BCUT2D eigenvalue weighted by atomic mass is 31.1. The van der Waals surface area contributed by atoms with Crippen molar-refractivity contribution in [2.24, 2.45) is 0 Å². The van der Waals surface area contributed by atoms with E-state index < -0.39 is 10.5 Å². The lowest BCUT2D eigenvalue weighted by atomic mass is 10.0. The molecule has 29 heavy (non-hydrogen) atoms. The number of aromatic nitrogens is 2. The molecule has 0 unspecified atom stereocenters. The van der Waals surface area contributed by atoms with Crippen LogP contribution in [-0.2, 0) is 6.42 Å². The number of nitrogens with zero attached hydrogens (tertiary/aromatic N) is 2. The number of halogens is 1. The Kier molecular flexibility index (Phi) is 4.73. The van der Waals surface area contributed by atoms with Crippen molar-refractivity contribution in [3.8, 4) is 0 Å². The lowest BCUT2D eigenvalue weighted by Crippen LogP contribution is -2.50. The van der Waals surface area contributed by atoms with E-state index in [4.69, 9.17) is 0 Å². The van der Waals surface area contributed by atoms with Gasteiger partial charge in [0.2, 0.25) is 0 Å². The summed E-state index contributed by atoms with van der Waals surface area (Å²) in [5, 5.41) is 21.5. The van der Waals surface area contributed by atoms with Crippen molar-refractivity contribution in [1.29, 1.82) is 0 Å². The Morgan fingerprint density at radius 3 is 2.59 bits per heavy atom. The first-order chi connectivity index (χ1) is 14.0. The van der Waals surface area contributed by atoms with Gasteiger partial charge in [-0.25, -0.2) is 9.49 Å². The van der Waals surface area contributed by atoms with E-state index in [1.807, 2.05) is 18.2 Å². The van der Waals surface area contributed by atoms with Crippen LogP contribution in [0.2, 0.25) is 0 Å². The average Bonchev–Trinajstić information content (AvgIpc) is 3.57. The van der Waals surface area contributed by atoms with Gasteiger partial charge in [-0.3, -0.25) is 4.79 Å². The Morgan fingerprint density at radius 1 is 1.14 bits per heavy atom. The van der Waals surface area contributed by atoms with Gasteiger partial charge in [-0.1, -0.05) is 32.2 Å². The normalized spacial score (nSPS) is 24.7. The van der Waals surface area contributed by atoms with E-state index in [0.717, 1.165) is 28.9 Å². The molecule has 2 aromatic carbocycles. The number of hydroxylamine groups is 2. The number of benzene rings is 2. The molecular formula is C22H23FN3O2P. The average molecular weight is 411 g/mol. The maximum atomic E-state index is 14.6. The quantitative estimate of drug-likeness (QED) is 0.399. The maximum absolute atomic E-state index is 14.6.